The molecule has 1 aromatic rings. The van der Waals surface area contributed by atoms with Crippen LogP contribution in [0.1, 0.15) is 39.2 Å². The molecule has 20 heavy (non-hydrogen) atoms. The fourth-order valence-electron chi connectivity index (χ4n) is 2.33. The van der Waals surface area contributed by atoms with Crippen molar-refractivity contribution in [1.82, 2.24) is 5.32 Å². The summed E-state index contributed by atoms with van der Waals surface area (Å²) in [5.41, 5.74) is -0.524. The first-order valence-corrected chi connectivity index (χ1v) is 6.98. The van der Waals surface area contributed by atoms with Crippen molar-refractivity contribution in [2.24, 2.45) is 5.92 Å². The first kappa shape index (κ1) is 16.4. The number of carbonyl (C=O) groups excluding carboxylic acids is 1. The normalized spacial score (nSPS) is 14.0. The van der Waals surface area contributed by atoms with Crippen LogP contribution in [0.15, 0.2) is 30.3 Å². The summed E-state index contributed by atoms with van der Waals surface area (Å²) in [5.74, 6) is -1.24. The second kappa shape index (κ2) is 7.20. The zero-order valence-electron chi connectivity index (χ0n) is 12.3. The minimum Gasteiger partial charge on any atom is -0.480 e. The Morgan fingerprint density at radius 2 is 1.85 bits per heavy atom. The molecule has 1 rings (SSSR count). The molecule has 110 valence electrons. The van der Waals surface area contributed by atoms with Crippen LogP contribution in [-0.4, -0.2) is 22.4 Å². The largest absolute Gasteiger partial charge is 0.480 e. The van der Waals surface area contributed by atoms with Gasteiger partial charge in [-0.15, -0.1) is 0 Å². The van der Waals surface area contributed by atoms with Gasteiger partial charge in [-0.1, -0.05) is 51.1 Å². The lowest BCUT2D eigenvalue weighted by molar-refractivity contribution is -0.151. The zero-order valence-corrected chi connectivity index (χ0v) is 12.3. The van der Waals surface area contributed by atoms with E-state index in [2.05, 4.69) is 5.32 Å². The number of hydrogen-bond donors (Lipinski definition) is 2. The van der Waals surface area contributed by atoms with Gasteiger partial charge in [0.25, 0.3) is 0 Å². The molecule has 0 amide bonds. The highest BCUT2D eigenvalue weighted by atomic mass is 16.4. The summed E-state index contributed by atoms with van der Waals surface area (Å²) in [7, 11) is 0. The summed E-state index contributed by atoms with van der Waals surface area (Å²) in [6.45, 7) is 5.91. The second-order valence-corrected chi connectivity index (χ2v) is 5.42. The van der Waals surface area contributed by atoms with Gasteiger partial charge < -0.3 is 5.11 Å². The van der Waals surface area contributed by atoms with E-state index in [1.807, 2.05) is 44.2 Å². The van der Waals surface area contributed by atoms with Crippen molar-refractivity contribution in [3.8, 4) is 0 Å². The summed E-state index contributed by atoms with van der Waals surface area (Å²) < 4.78 is 0. The monoisotopic (exact) mass is 277 g/mol. The van der Waals surface area contributed by atoms with E-state index in [0.717, 1.165) is 5.56 Å². The van der Waals surface area contributed by atoms with Gasteiger partial charge in [0.2, 0.25) is 0 Å². The molecule has 1 atom stereocenters. The third kappa shape index (κ3) is 3.90. The lowest BCUT2D eigenvalue weighted by atomic mass is 9.83. The summed E-state index contributed by atoms with van der Waals surface area (Å²) in [4.78, 5) is 23.9. The molecule has 0 aliphatic rings. The minimum atomic E-state index is -1.49. The van der Waals surface area contributed by atoms with Crippen molar-refractivity contribution in [2.75, 3.05) is 0 Å². The molecule has 0 saturated heterocycles. The van der Waals surface area contributed by atoms with E-state index in [4.69, 9.17) is 0 Å². The van der Waals surface area contributed by atoms with Crippen molar-refractivity contribution in [3.63, 3.8) is 0 Å². The Hall–Kier alpha value is -1.68. The highest BCUT2D eigenvalue weighted by molar-refractivity contribution is 6.07. The minimum absolute atomic E-state index is 0.116. The number of Topliss-reactive ketones (excluding diaryl/α,β-unsaturated/α-hetero) is 1. The van der Waals surface area contributed by atoms with Crippen molar-refractivity contribution in [1.29, 1.82) is 0 Å². The van der Waals surface area contributed by atoms with Crippen molar-refractivity contribution < 1.29 is 14.7 Å². The van der Waals surface area contributed by atoms with Gasteiger partial charge in [-0.2, -0.15) is 0 Å². The number of ketones is 1. The molecule has 0 saturated carbocycles. The Labute approximate surface area is 120 Å². The van der Waals surface area contributed by atoms with Crippen LogP contribution < -0.4 is 5.32 Å². The van der Waals surface area contributed by atoms with Crippen LogP contribution in [0.5, 0.6) is 0 Å². The number of hydrogen-bond acceptors (Lipinski definition) is 3. The van der Waals surface area contributed by atoms with Crippen LogP contribution in [0.4, 0.5) is 0 Å². The summed E-state index contributed by atoms with van der Waals surface area (Å²) in [5, 5.41) is 12.6. The van der Waals surface area contributed by atoms with Gasteiger partial charge in [-0.05, 0) is 17.9 Å². The van der Waals surface area contributed by atoms with Crippen LogP contribution in [0, 0.1) is 5.92 Å². The lowest BCUT2D eigenvalue weighted by Gasteiger charge is -2.30. The van der Waals surface area contributed by atoms with Crippen molar-refractivity contribution >= 4 is 11.8 Å². The SMILES string of the molecule is CCC(=O)[C@@](CC(C)C)(NCc1ccccc1)C(=O)O. The van der Waals surface area contributed by atoms with Crippen LogP contribution >= 0.6 is 0 Å². The number of carbonyl (C=O) groups is 2. The van der Waals surface area contributed by atoms with E-state index in [9.17, 15) is 14.7 Å². The molecular weight excluding hydrogens is 254 g/mol. The molecule has 4 nitrogen and oxygen atoms in total. The predicted molar refractivity (Wildman–Crippen MR) is 78.4 cm³/mol. The average Bonchev–Trinajstić information content (AvgIpc) is 2.43. The van der Waals surface area contributed by atoms with Crippen LogP contribution in [0.2, 0.25) is 0 Å². The molecule has 0 bridgehead atoms. The highest BCUT2D eigenvalue weighted by Crippen LogP contribution is 2.21. The smallest absolute Gasteiger partial charge is 0.331 e. The van der Waals surface area contributed by atoms with Gasteiger partial charge in [-0.3, -0.25) is 10.1 Å². The third-order valence-corrected chi connectivity index (χ3v) is 3.31. The molecule has 0 spiro atoms. The van der Waals surface area contributed by atoms with Crippen LogP contribution in [0.25, 0.3) is 0 Å². The molecule has 0 radical (unpaired) electrons. The molecule has 2 N–H and O–H groups in total. The topological polar surface area (TPSA) is 66.4 Å². The maximum absolute atomic E-state index is 12.2. The molecule has 0 aromatic heterocycles. The number of rotatable bonds is 8. The van der Waals surface area contributed by atoms with Gasteiger partial charge in [0.15, 0.2) is 11.3 Å². The van der Waals surface area contributed by atoms with E-state index in [-0.39, 0.29) is 18.1 Å². The Morgan fingerprint density at radius 3 is 2.30 bits per heavy atom. The van der Waals surface area contributed by atoms with Crippen molar-refractivity contribution in [2.45, 2.75) is 45.7 Å². The summed E-state index contributed by atoms with van der Waals surface area (Å²) in [6, 6.07) is 9.50. The van der Waals surface area contributed by atoms with E-state index < -0.39 is 11.5 Å². The van der Waals surface area contributed by atoms with E-state index in [1.165, 1.54) is 0 Å². The Kier molecular flexibility index (Phi) is 5.89. The van der Waals surface area contributed by atoms with Crippen LogP contribution in [0.3, 0.4) is 0 Å². The molecule has 0 fully saturated rings. The molecule has 0 aliphatic heterocycles. The molecular formula is C16H23NO3. The Morgan fingerprint density at radius 1 is 1.25 bits per heavy atom. The Balaban J connectivity index is 2.97. The van der Waals surface area contributed by atoms with E-state index >= 15 is 0 Å². The van der Waals surface area contributed by atoms with E-state index in [1.54, 1.807) is 6.92 Å². The van der Waals surface area contributed by atoms with Gasteiger partial charge in [0.05, 0.1) is 0 Å². The van der Waals surface area contributed by atoms with E-state index in [0.29, 0.717) is 13.0 Å². The fraction of sp³-hybridized carbons (Fsp3) is 0.500. The predicted octanol–water partition coefficient (Wildman–Crippen LogP) is 2.62. The maximum Gasteiger partial charge on any atom is 0.331 e. The molecule has 0 aliphatic carbocycles. The molecule has 1 aromatic carbocycles. The van der Waals surface area contributed by atoms with Crippen molar-refractivity contribution in [3.05, 3.63) is 35.9 Å². The van der Waals surface area contributed by atoms with Gasteiger partial charge in [0.1, 0.15) is 0 Å². The maximum atomic E-state index is 12.2. The first-order valence-electron chi connectivity index (χ1n) is 6.98. The molecule has 4 heteroatoms. The van der Waals surface area contributed by atoms with Crippen LogP contribution in [-0.2, 0) is 16.1 Å². The number of benzene rings is 1. The quantitative estimate of drug-likeness (QED) is 0.717. The first-order chi connectivity index (χ1) is 9.42. The summed E-state index contributed by atoms with van der Waals surface area (Å²) in [6.07, 6.45) is 0.503. The fourth-order valence-corrected chi connectivity index (χ4v) is 2.33. The number of aliphatic carboxylic acids is 1. The Bertz CT molecular complexity index is 456. The average molecular weight is 277 g/mol. The highest BCUT2D eigenvalue weighted by Gasteiger charge is 2.44. The zero-order chi connectivity index (χ0) is 15.2. The van der Waals surface area contributed by atoms with Gasteiger partial charge in [-0.25, -0.2) is 4.79 Å². The molecule has 0 unspecified atom stereocenters. The number of nitrogens with one attached hydrogen (secondary N) is 1. The summed E-state index contributed by atoms with van der Waals surface area (Å²) >= 11 is 0. The van der Waals surface area contributed by atoms with Gasteiger partial charge >= 0.3 is 5.97 Å². The number of carboxylic acid groups (broad SMARTS) is 1. The lowest BCUT2D eigenvalue weighted by Crippen LogP contribution is -2.58. The number of carboxylic acids is 1. The second-order valence-electron chi connectivity index (χ2n) is 5.42. The van der Waals surface area contributed by atoms with Gasteiger partial charge in [0, 0.05) is 13.0 Å². The third-order valence-electron chi connectivity index (χ3n) is 3.31. The molecule has 0 heterocycles. The standard InChI is InChI=1S/C16H23NO3/c1-4-14(18)16(15(19)20,10-12(2)3)17-11-13-8-6-5-7-9-13/h5-9,12,17H,4,10-11H2,1-3H3,(H,19,20)/t16-/m1/s1.